The van der Waals surface area contributed by atoms with Gasteiger partial charge in [0.05, 0.1) is 6.20 Å². The van der Waals surface area contributed by atoms with Crippen LogP contribution in [0.5, 0.6) is 5.75 Å². The van der Waals surface area contributed by atoms with E-state index in [0.29, 0.717) is 31.7 Å². The van der Waals surface area contributed by atoms with Gasteiger partial charge in [0.2, 0.25) is 0 Å². The fraction of sp³-hybridized carbons (Fsp3) is 0.389. The molecule has 1 aliphatic rings. The number of halogens is 3. The van der Waals surface area contributed by atoms with Gasteiger partial charge in [-0.25, -0.2) is 18.7 Å². The van der Waals surface area contributed by atoms with Gasteiger partial charge in [0.25, 0.3) is 5.91 Å². The highest BCUT2D eigenvalue weighted by Gasteiger charge is 2.25. The number of ether oxygens (including phenoxy) is 1. The number of amides is 1. The number of nitrogens with zero attached hydrogens (tertiary/aromatic N) is 4. The van der Waals surface area contributed by atoms with Crippen molar-refractivity contribution in [1.82, 2.24) is 14.9 Å². The van der Waals surface area contributed by atoms with Gasteiger partial charge in [-0.15, -0.1) is 0 Å². The van der Waals surface area contributed by atoms with Crippen LogP contribution in [0.15, 0.2) is 24.4 Å². The zero-order chi connectivity index (χ0) is 19.6. The average molecular weight is 397 g/mol. The molecule has 27 heavy (non-hydrogen) atoms. The van der Waals surface area contributed by atoms with Gasteiger partial charge in [0, 0.05) is 46.1 Å². The highest BCUT2D eigenvalue weighted by Crippen LogP contribution is 2.27. The first kappa shape index (κ1) is 19.3. The van der Waals surface area contributed by atoms with Crippen LogP contribution in [-0.4, -0.2) is 54.1 Å². The molecule has 2 aromatic rings. The second kappa shape index (κ2) is 8.04. The maximum absolute atomic E-state index is 13.7. The first-order chi connectivity index (χ1) is 12.8. The van der Waals surface area contributed by atoms with Crippen LogP contribution in [-0.2, 0) is 0 Å². The van der Waals surface area contributed by atoms with E-state index >= 15 is 0 Å². The molecule has 9 heteroatoms. The van der Waals surface area contributed by atoms with E-state index in [9.17, 15) is 13.6 Å². The zero-order valence-electron chi connectivity index (χ0n) is 15.0. The maximum atomic E-state index is 13.7. The Morgan fingerprint density at radius 2 is 2.00 bits per heavy atom. The largest absolute Gasteiger partial charge is 0.487 e. The average Bonchev–Trinajstić information content (AvgIpc) is 2.64. The predicted octanol–water partition coefficient (Wildman–Crippen LogP) is 3.16. The number of aromatic nitrogens is 2. The molecule has 0 saturated carbocycles. The number of carbonyl (C=O) groups is 1. The topological polar surface area (TPSA) is 58.6 Å². The van der Waals surface area contributed by atoms with Gasteiger partial charge in [-0.3, -0.25) is 4.79 Å². The number of anilines is 1. The van der Waals surface area contributed by atoms with Crippen molar-refractivity contribution in [2.75, 3.05) is 32.1 Å². The first-order valence-electron chi connectivity index (χ1n) is 8.46. The van der Waals surface area contributed by atoms with E-state index in [1.807, 2.05) is 4.90 Å². The normalized spacial score (nSPS) is 14.9. The molecule has 0 N–H and O–H groups in total. The van der Waals surface area contributed by atoms with Crippen LogP contribution in [0.2, 0.25) is 5.15 Å². The van der Waals surface area contributed by atoms with Crippen LogP contribution in [0.25, 0.3) is 0 Å². The van der Waals surface area contributed by atoms with Crippen LogP contribution in [0.3, 0.4) is 0 Å². The van der Waals surface area contributed by atoms with Crippen molar-refractivity contribution in [3.05, 3.63) is 46.9 Å². The van der Waals surface area contributed by atoms with E-state index in [2.05, 4.69) is 9.97 Å². The second-order valence-corrected chi connectivity index (χ2v) is 6.81. The van der Waals surface area contributed by atoms with Crippen molar-refractivity contribution in [3.8, 4) is 5.75 Å². The van der Waals surface area contributed by atoms with Crippen LogP contribution in [0.1, 0.15) is 23.3 Å². The van der Waals surface area contributed by atoms with Crippen molar-refractivity contribution in [3.63, 3.8) is 0 Å². The predicted molar refractivity (Wildman–Crippen MR) is 97.3 cm³/mol. The Bertz CT molecular complexity index is 842. The number of hydrogen-bond acceptors (Lipinski definition) is 5. The van der Waals surface area contributed by atoms with Crippen LogP contribution in [0.4, 0.5) is 14.6 Å². The van der Waals surface area contributed by atoms with E-state index in [4.69, 9.17) is 16.3 Å². The van der Waals surface area contributed by atoms with Crippen molar-refractivity contribution in [2.24, 2.45) is 0 Å². The Hall–Kier alpha value is -2.48. The Morgan fingerprint density at radius 3 is 2.59 bits per heavy atom. The minimum Gasteiger partial charge on any atom is -0.487 e. The summed E-state index contributed by atoms with van der Waals surface area (Å²) < 4.78 is 32.3. The van der Waals surface area contributed by atoms with Crippen molar-refractivity contribution in [2.45, 2.75) is 18.9 Å². The Balaban J connectivity index is 1.63. The molecule has 3 rings (SSSR count). The number of rotatable bonds is 4. The molecular formula is C18H19ClF2N4O2. The number of hydrogen-bond donors (Lipinski definition) is 0. The number of carbonyl (C=O) groups excluding carboxylic acids is 1. The second-order valence-electron chi connectivity index (χ2n) is 6.45. The van der Waals surface area contributed by atoms with Crippen LogP contribution in [0, 0.1) is 11.6 Å². The molecule has 0 bridgehead atoms. The molecule has 0 radical (unpaired) electrons. The molecule has 1 fully saturated rings. The molecule has 1 aliphatic heterocycles. The molecule has 1 saturated heterocycles. The van der Waals surface area contributed by atoms with E-state index in [1.165, 1.54) is 23.2 Å². The lowest BCUT2D eigenvalue weighted by atomic mass is 10.1. The number of benzene rings is 1. The maximum Gasteiger partial charge on any atom is 0.273 e. The highest BCUT2D eigenvalue weighted by molar-refractivity contribution is 6.31. The van der Waals surface area contributed by atoms with Gasteiger partial charge in [-0.1, -0.05) is 11.6 Å². The number of piperidine rings is 1. The van der Waals surface area contributed by atoms with Crippen LogP contribution < -0.4 is 9.64 Å². The van der Waals surface area contributed by atoms with Crippen molar-refractivity contribution >= 4 is 23.3 Å². The van der Waals surface area contributed by atoms with Crippen molar-refractivity contribution in [1.29, 1.82) is 0 Å². The molecule has 1 aromatic heterocycles. The minimum absolute atomic E-state index is 0.0409. The van der Waals surface area contributed by atoms with E-state index in [-0.39, 0.29) is 28.6 Å². The lowest BCUT2D eigenvalue weighted by Crippen LogP contribution is -2.39. The molecule has 144 valence electrons. The first-order valence-corrected chi connectivity index (χ1v) is 8.84. The summed E-state index contributed by atoms with van der Waals surface area (Å²) in [4.78, 5) is 23.7. The quantitative estimate of drug-likeness (QED) is 0.794. The molecule has 0 aliphatic carbocycles. The van der Waals surface area contributed by atoms with Crippen LogP contribution >= 0.6 is 11.6 Å². The summed E-state index contributed by atoms with van der Waals surface area (Å²) in [7, 11) is 3.25. The molecule has 0 unspecified atom stereocenters. The SMILES string of the molecule is CN(C)C(=O)c1cnc(N2CCC(Oc3ccc(F)cc3F)CC2)c(Cl)n1. The Kier molecular flexibility index (Phi) is 5.74. The summed E-state index contributed by atoms with van der Waals surface area (Å²) in [6.07, 6.45) is 2.45. The highest BCUT2D eigenvalue weighted by atomic mass is 35.5. The summed E-state index contributed by atoms with van der Waals surface area (Å²) in [5.74, 6) is -1.09. The van der Waals surface area contributed by atoms with E-state index < -0.39 is 11.6 Å². The summed E-state index contributed by atoms with van der Waals surface area (Å²) >= 11 is 6.21. The molecule has 0 spiro atoms. The smallest absolute Gasteiger partial charge is 0.273 e. The third-order valence-electron chi connectivity index (χ3n) is 4.27. The lowest BCUT2D eigenvalue weighted by Gasteiger charge is -2.33. The van der Waals surface area contributed by atoms with Crippen molar-refractivity contribution < 1.29 is 18.3 Å². The molecule has 6 nitrogen and oxygen atoms in total. The molecule has 0 atom stereocenters. The molecule has 2 heterocycles. The van der Waals surface area contributed by atoms with Gasteiger partial charge in [0.15, 0.2) is 22.5 Å². The Morgan fingerprint density at radius 1 is 1.30 bits per heavy atom. The fourth-order valence-corrected chi connectivity index (χ4v) is 3.10. The Labute approximate surface area is 160 Å². The van der Waals surface area contributed by atoms with Gasteiger partial charge < -0.3 is 14.5 Å². The summed E-state index contributed by atoms with van der Waals surface area (Å²) in [5.41, 5.74) is 0.179. The van der Waals surface area contributed by atoms with E-state index in [1.54, 1.807) is 14.1 Å². The fourth-order valence-electron chi connectivity index (χ4n) is 2.84. The molecule has 1 aromatic carbocycles. The zero-order valence-corrected chi connectivity index (χ0v) is 15.7. The summed E-state index contributed by atoms with van der Waals surface area (Å²) in [6.45, 7) is 1.17. The van der Waals surface area contributed by atoms with Gasteiger partial charge in [-0.05, 0) is 12.1 Å². The minimum atomic E-state index is -0.715. The third kappa shape index (κ3) is 4.44. The molecular weight excluding hydrogens is 378 g/mol. The van der Waals surface area contributed by atoms with Gasteiger partial charge >= 0.3 is 0 Å². The summed E-state index contributed by atoms with van der Waals surface area (Å²) in [6, 6.07) is 3.26. The third-order valence-corrected chi connectivity index (χ3v) is 4.52. The summed E-state index contributed by atoms with van der Waals surface area (Å²) in [5, 5.41) is 0.159. The van der Waals surface area contributed by atoms with Gasteiger partial charge in [-0.2, -0.15) is 0 Å². The molecule has 1 amide bonds. The monoisotopic (exact) mass is 396 g/mol. The lowest BCUT2D eigenvalue weighted by molar-refractivity contribution is 0.0821. The van der Waals surface area contributed by atoms with E-state index in [0.717, 1.165) is 6.07 Å². The van der Waals surface area contributed by atoms with Gasteiger partial charge in [0.1, 0.15) is 17.6 Å². The standard InChI is InChI=1S/C18H19ClF2N4O2/c1-24(2)18(26)14-10-22-17(16(19)23-14)25-7-5-12(6-8-25)27-15-4-3-11(20)9-13(15)21/h3-4,9-10,12H,5-8H2,1-2H3.